The quantitative estimate of drug-likeness (QED) is 0.548. The van der Waals surface area contributed by atoms with Crippen molar-refractivity contribution in [2.24, 2.45) is 0 Å². The smallest absolute Gasteiger partial charge is 0.234 e. The van der Waals surface area contributed by atoms with Crippen molar-refractivity contribution in [3.05, 3.63) is 54.0 Å². The third-order valence-corrected chi connectivity index (χ3v) is 4.69. The Morgan fingerprint density at radius 3 is 2.62 bits per heavy atom. The van der Waals surface area contributed by atoms with Gasteiger partial charge in [-0.2, -0.15) is 5.10 Å². The lowest BCUT2D eigenvalue weighted by atomic mass is 10.1. The van der Waals surface area contributed by atoms with Crippen LogP contribution in [0.3, 0.4) is 0 Å². The molecule has 0 aliphatic heterocycles. The molecule has 2 heterocycles. The molecule has 0 unspecified atom stereocenters. The van der Waals surface area contributed by atoms with Crippen LogP contribution in [0.1, 0.15) is 31.0 Å². The number of anilines is 2. The molecule has 3 aromatic rings. The van der Waals surface area contributed by atoms with Crippen molar-refractivity contribution in [2.45, 2.75) is 33.2 Å². The van der Waals surface area contributed by atoms with Crippen LogP contribution in [0.5, 0.6) is 0 Å². The Labute approximate surface area is 175 Å². The van der Waals surface area contributed by atoms with Gasteiger partial charge in [0, 0.05) is 36.2 Å². The lowest BCUT2D eigenvalue weighted by Gasteiger charge is -2.09. The van der Waals surface area contributed by atoms with Gasteiger partial charge in [-0.1, -0.05) is 12.1 Å². The fourth-order valence-electron chi connectivity index (χ4n) is 2.81. The normalized spacial score (nSPS) is 10.9. The number of alkyl halides is 1. The van der Waals surface area contributed by atoms with Crippen LogP contribution >= 0.6 is 11.6 Å². The number of carbonyl (C=O) groups is 1. The van der Waals surface area contributed by atoms with E-state index in [-0.39, 0.29) is 11.8 Å². The van der Waals surface area contributed by atoms with Crippen LogP contribution in [0.25, 0.3) is 11.3 Å². The first-order chi connectivity index (χ1) is 14.0. The van der Waals surface area contributed by atoms with Crippen molar-refractivity contribution in [1.82, 2.24) is 25.1 Å². The minimum atomic E-state index is -0.156. The van der Waals surface area contributed by atoms with Crippen molar-refractivity contribution in [2.75, 3.05) is 17.7 Å². The number of aromatic nitrogens is 4. The molecule has 152 valence electrons. The molecule has 29 heavy (non-hydrogen) atoms. The molecule has 0 saturated carbocycles. The first-order valence-corrected chi connectivity index (χ1v) is 10.1. The molecule has 0 fully saturated rings. The summed E-state index contributed by atoms with van der Waals surface area (Å²) < 4.78 is 1.91. The number of amides is 1. The van der Waals surface area contributed by atoms with E-state index in [1.165, 1.54) is 0 Å². The van der Waals surface area contributed by atoms with E-state index in [1.807, 2.05) is 54.5 Å². The standard InChI is InChI=1S/C21H25ClN6O/c1-14(2)28-13-17(12-25-28)20-15(3)11-24-21(27-20)26-18-6-4-16(5-7-18)8-9-23-19(29)10-22/h4-7,11-14H,8-10H2,1-3H3,(H,23,29)(H,24,26,27). The van der Waals surface area contributed by atoms with Crippen LogP contribution in [0.2, 0.25) is 0 Å². The highest BCUT2D eigenvalue weighted by Gasteiger charge is 2.10. The van der Waals surface area contributed by atoms with E-state index in [2.05, 4.69) is 39.5 Å². The molecule has 1 amide bonds. The lowest BCUT2D eigenvalue weighted by molar-refractivity contribution is -0.118. The third-order valence-electron chi connectivity index (χ3n) is 4.44. The highest BCUT2D eigenvalue weighted by molar-refractivity contribution is 6.27. The fourth-order valence-corrected chi connectivity index (χ4v) is 2.91. The Bertz CT molecular complexity index is 968. The second-order valence-corrected chi connectivity index (χ2v) is 7.35. The molecule has 2 aromatic heterocycles. The van der Waals surface area contributed by atoms with Gasteiger partial charge in [-0.05, 0) is 50.5 Å². The first kappa shape index (κ1) is 20.8. The molecule has 1 aromatic carbocycles. The van der Waals surface area contributed by atoms with Crippen molar-refractivity contribution in [1.29, 1.82) is 0 Å². The van der Waals surface area contributed by atoms with Crippen LogP contribution in [0, 0.1) is 6.92 Å². The molecule has 2 N–H and O–H groups in total. The number of carbonyl (C=O) groups excluding carboxylic acids is 1. The summed E-state index contributed by atoms with van der Waals surface area (Å²) in [4.78, 5) is 20.2. The maximum absolute atomic E-state index is 11.2. The largest absolute Gasteiger partial charge is 0.355 e. The van der Waals surface area contributed by atoms with E-state index >= 15 is 0 Å². The molecule has 3 rings (SSSR count). The highest BCUT2D eigenvalue weighted by atomic mass is 35.5. The number of aryl methyl sites for hydroxylation is 1. The Kier molecular flexibility index (Phi) is 6.82. The van der Waals surface area contributed by atoms with Gasteiger partial charge >= 0.3 is 0 Å². The highest BCUT2D eigenvalue weighted by Crippen LogP contribution is 2.23. The van der Waals surface area contributed by atoms with Crippen molar-refractivity contribution in [3.8, 4) is 11.3 Å². The summed E-state index contributed by atoms with van der Waals surface area (Å²) >= 11 is 5.47. The summed E-state index contributed by atoms with van der Waals surface area (Å²) in [7, 11) is 0. The van der Waals surface area contributed by atoms with Crippen LogP contribution in [0.4, 0.5) is 11.6 Å². The summed E-state index contributed by atoms with van der Waals surface area (Å²) in [6.45, 7) is 6.73. The molecule has 8 heteroatoms. The van der Waals surface area contributed by atoms with Gasteiger partial charge in [0.1, 0.15) is 5.88 Å². The lowest BCUT2D eigenvalue weighted by Crippen LogP contribution is -2.26. The Morgan fingerprint density at radius 1 is 1.21 bits per heavy atom. The van der Waals surface area contributed by atoms with Crippen LogP contribution < -0.4 is 10.6 Å². The molecule has 7 nitrogen and oxygen atoms in total. The minimum absolute atomic E-state index is 0.0142. The number of hydrogen-bond acceptors (Lipinski definition) is 5. The Hall–Kier alpha value is -2.93. The van der Waals surface area contributed by atoms with Gasteiger partial charge in [-0.25, -0.2) is 9.97 Å². The summed E-state index contributed by atoms with van der Waals surface area (Å²) in [6.07, 6.45) is 6.39. The van der Waals surface area contributed by atoms with Gasteiger partial charge in [-0.3, -0.25) is 9.48 Å². The van der Waals surface area contributed by atoms with Crippen molar-refractivity contribution < 1.29 is 4.79 Å². The first-order valence-electron chi connectivity index (χ1n) is 9.53. The predicted octanol–water partition coefficient (Wildman–Crippen LogP) is 3.87. The van der Waals surface area contributed by atoms with Crippen molar-refractivity contribution in [3.63, 3.8) is 0 Å². The zero-order chi connectivity index (χ0) is 20.8. The summed E-state index contributed by atoms with van der Waals surface area (Å²) in [5.74, 6) is 0.362. The summed E-state index contributed by atoms with van der Waals surface area (Å²) in [5, 5.41) is 10.4. The Balaban J connectivity index is 1.68. The maximum Gasteiger partial charge on any atom is 0.234 e. The molecule has 0 bridgehead atoms. The van der Waals surface area contributed by atoms with Crippen molar-refractivity contribution >= 4 is 29.1 Å². The zero-order valence-corrected chi connectivity index (χ0v) is 17.6. The van der Waals surface area contributed by atoms with Gasteiger partial charge in [0.25, 0.3) is 0 Å². The average Bonchev–Trinajstić information content (AvgIpc) is 3.21. The summed E-state index contributed by atoms with van der Waals surface area (Å²) in [5.41, 5.74) is 4.84. The van der Waals surface area contributed by atoms with Gasteiger partial charge in [-0.15, -0.1) is 11.6 Å². The van der Waals surface area contributed by atoms with Gasteiger partial charge < -0.3 is 10.6 Å². The molecule has 0 aliphatic rings. The molecular formula is C21H25ClN6O. The van der Waals surface area contributed by atoms with Crippen LogP contribution in [-0.2, 0) is 11.2 Å². The van der Waals surface area contributed by atoms with Gasteiger partial charge in [0.05, 0.1) is 11.9 Å². The number of hydrogen-bond donors (Lipinski definition) is 2. The molecule has 0 atom stereocenters. The van der Waals surface area contributed by atoms with E-state index < -0.39 is 0 Å². The predicted molar refractivity (Wildman–Crippen MR) is 116 cm³/mol. The Morgan fingerprint density at radius 2 is 1.97 bits per heavy atom. The summed E-state index contributed by atoms with van der Waals surface area (Å²) in [6, 6.07) is 8.26. The van der Waals surface area contributed by atoms with Gasteiger partial charge in [0.2, 0.25) is 11.9 Å². The fraction of sp³-hybridized carbons (Fsp3) is 0.333. The molecule has 0 aliphatic carbocycles. The topological polar surface area (TPSA) is 84.7 Å². The van der Waals surface area contributed by atoms with E-state index in [4.69, 9.17) is 11.6 Å². The number of nitrogens with zero attached hydrogens (tertiary/aromatic N) is 4. The molecule has 0 saturated heterocycles. The van der Waals surface area contributed by atoms with E-state index in [0.717, 1.165) is 34.5 Å². The zero-order valence-electron chi connectivity index (χ0n) is 16.8. The second-order valence-electron chi connectivity index (χ2n) is 7.08. The van der Waals surface area contributed by atoms with Crippen LogP contribution in [0.15, 0.2) is 42.9 Å². The number of nitrogens with one attached hydrogen (secondary N) is 2. The number of benzene rings is 1. The number of halogens is 1. The maximum atomic E-state index is 11.2. The van der Waals surface area contributed by atoms with E-state index in [0.29, 0.717) is 18.5 Å². The van der Waals surface area contributed by atoms with E-state index in [9.17, 15) is 4.79 Å². The monoisotopic (exact) mass is 412 g/mol. The SMILES string of the molecule is Cc1cnc(Nc2ccc(CCNC(=O)CCl)cc2)nc1-c1cnn(C(C)C)c1. The molecule has 0 spiro atoms. The second kappa shape index (κ2) is 9.52. The van der Waals surface area contributed by atoms with Crippen LogP contribution in [-0.4, -0.2) is 38.1 Å². The average molecular weight is 413 g/mol. The number of rotatable bonds is 8. The molecular weight excluding hydrogens is 388 g/mol. The molecule has 0 radical (unpaired) electrons. The third kappa shape index (κ3) is 5.54. The minimum Gasteiger partial charge on any atom is -0.355 e. The van der Waals surface area contributed by atoms with Gasteiger partial charge in [0.15, 0.2) is 0 Å². The van der Waals surface area contributed by atoms with E-state index in [1.54, 1.807) is 0 Å².